The zero-order valence-electron chi connectivity index (χ0n) is 26.5. The number of carbonyl (C=O) groups is 4. The predicted octanol–water partition coefficient (Wildman–Crippen LogP) is 4.47. The molecular formula is C36H45N3O7. The number of esters is 1. The van der Waals surface area contributed by atoms with Crippen LogP contribution in [0.5, 0.6) is 0 Å². The quantitative estimate of drug-likeness (QED) is 0.184. The largest absolute Gasteiger partial charge is 0.462 e. The molecule has 2 aromatic rings. The van der Waals surface area contributed by atoms with Crippen molar-refractivity contribution in [2.24, 2.45) is 5.92 Å². The highest BCUT2D eigenvalue weighted by Crippen LogP contribution is 2.44. The summed E-state index contributed by atoms with van der Waals surface area (Å²) < 4.78 is 11.3. The lowest BCUT2D eigenvalue weighted by atomic mass is 9.98. The van der Waals surface area contributed by atoms with Crippen molar-refractivity contribution in [3.8, 4) is 11.1 Å². The molecule has 10 nitrogen and oxygen atoms in total. The molecule has 0 bridgehead atoms. The molecule has 246 valence electrons. The van der Waals surface area contributed by atoms with Crippen molar-refractivity contribution in [3.05, 3.63) is 85.0 Å². The zero-order valence-corrected chi connectivity index (χ0v) is 26.5. The van der Waals surface area contributed by atoms with E-state index in [0.717, 1.165) is 28.7 Å². The molecule has 0 saturated carbocycles. The van der Waals surface area contributed by atoms with Crippen molar-refractivity contribution in [3.63, 3.8) is 0 Å². The number of benzene rings is 2. The Kier molecular flexibility index (Phi) is 12.5. The number of amides is 3. The van der Waals surface area contributed by atoms with E-state index in [2.05, 4.69) is 35.9 Å². The van der Waals surface area contributed by atoms with Crippen LogP contribution in [0.3, 0.4) is 0 Å². The number of aliphatic hydroxyl groups is 1. The molecule has 1 saturated heterocycles. The Morgan fingerprint density at radius 1 is 0.978 bits per heavy atom. The number of likely N-dealkylation sites (tertiary alicyclic amines) is 1. The average Bonchev–Trinajstić information content (AvgIpc) is 3.66. The summed E-state index contributed by atoms with van der Waals surface area (Å²) in [5.74, 6) is -1.87. The maximum atomic E-state index is 13.5. The summed E-state index contributed by atoms with van der Waals surface area (Å²) in [7, 11) is 0. The highest BCUT2D eigenvalue weighted by Gasteiger charge is 2.35. The third-order valence-corrected chi connectivity index (χ3v) is 8.57. The SMILES string of the molecule is C=CCC[C@H](NC(=O)OCC1c2ccccc2-c2ccccc21)C(=O)OC[C@@H]1CCCN1C(=O)[C@H](CC=C)CC(=O)N[C@@H](C)CO. The minimum Gasteiger partial charge on any atom is -0.462 e. The first-order valence-corrected chi connectivity index (χ1v) is 16.0. The standard InChI is InChI=1S/C36H45N3O7/c1-4-6-18-32(38-36(44)46-23-31-29-16-9-7-14-27(29)28-15-8-10-17-30(28)31)35(43)45-22-26-13-11-19-39(26)34(42)25(12-5-2)20-33(41)37-24(3)21-40/h4-5,7-10,14-17,24-26,31-32,40H,1-2,6,11-13,18-23H2,3H3,(H,37,41)(H,38,44)/t24-,25+,26-,32-/m0/s1. The van der Waals surface area contributed by atoms with Gasteiger partial charge in [0.25, 0.3) is 0 Å². The first kappa shape index (κ1) is 34.4. The van der Waals surface area contributed by atoms with Gasteiger partial charge in [-0.25, -0.2) is 9.59 Å². The molecule has 3 N–H and O–H groups in total. The van der Waals surface area contributed by atoms with E-state index in [-0.39, 0.29) is 56.4 Å². The normalized spacial score (nSPS) is 17.2. The first-order chi connectivity index (χ1) is 22.3. The number of fused-ring (bicyclic) bond motifs is 3. The average molecular weight is 632 g/mol. The minimum absolute atomic E-state index is 0.0317. The Balaban J connectivity index is 1.33. The monoisotopic (exact) mass is 631 g/mol. The highest BCUT2D eigenvalue weighted by molar-refractivity contribution is 5.86. The van der Waals surface area contributed by atoms with Crippen molar-refractivity contribution < 1.29 is 33.8 Å². The van der Waals surface area contributed by atoms with Crippen LogP contribution in [0.15, 0.2) is 73.8 Å². The fraction of sp³-hybridized carbons (Fsp3) is 0.444. The van der Waals surface area contributed by atoms with Crippen LogP contribution < -0.4 is 10.6 Å². The molecule has 1 aliphatic carbocycles. The van der Waals surface area contributed by atoms with Crippen LogP contribution in [0.1, 0.15) is 62.5 Å². The summed E-state index contributed by atoms with van der Waals surface area (Å²) in [6, 6.07) is 14.4. The van der Waals surface area contributed by atoms with Gasteiger partial charge in [-0.3, -0.25) is 9.59 Å². The van der Waals surface area contributed by atoms with Crippen molar-refractivity contribution in [1.29, 1.82) is 0 Å². The first-order valence-electron chi connectivity index (χ1n) is 16.0. The maximum Gasteiger partial charge on any atom is 0.407 e. The van der Waals surface area contributed by atoms with Crippen molar-refractivity contribution in [2.75, 3.05) is 26.4 Å². The topological polar surface area (TPSA) is 134 Å². The van der Waals surface area contributed by atoms with Crippen LogP contribution in [0.4, 0.5) is 4.79 Å². The Bertz CT molecular complexity index is 1360. The molecule has 10 heteroatoms. The van der Waals surface area contributed by atoms with E-state index in [9.17, 15) is 24.3 Å². The van der Waals surface area contributed by atoms with Gasteiger partial charge in [-0.1, -0.05) is 60.7 Å². The number of nitrogens with one attached hydrogen (secondary N) is 2. The van der Waals surface area contributed by atoms with E-state index in [1.165, 1.54) is 0 Å². The second-order valence-corrected chi connectivity index (χ2v) is 11.9. The van der Waals surface area contributed by atoms with E-state index in [0.29, 0.717) is 25.8 Å². The molecule has 0 aromatic heterocycles. The minimum atomic E-state index is -0.954. The molecule has 4 atom stereocenters. The number of alkyl carbamates (subject to hydrolysis) is 1. The summed E-state index contributed by atoms with van der Waals surface area (Å²) >= 11 is 0. The third kappa shape index (κ3) is 8.63. The lowest BCUT2D eigenvalue weighted by Gasteiger charge is -2.29. The van der Waals surface area contributed by atoms with Crippen molar-refractivity contribution in [1.82, 2.24) is 15.5 Å². The summed E-state index contributed by atoms with van der Waals surface area (Å²) in [5.41, 5.74) is 4.42. The summed E-state index contributed by atoms with van der Waals surface area (Å²) in [6.45, 7) is 9.51. The third-order valence-electron chi connectivity index (χ3n) is 8.57. The lowest BCUT2D eigenvalue weighted by molar-refractivity contribution is -0.150. The van der Waals surface area contributed by atoms with Crippen LogP contribution in [-0.2, 0) is 23.9 Å². The number of hydrogen-bond donors (Lipinski definition) is 3. The summed E-state index contributed by atoms with van der Waals surface area (Å²) in [4.78, 5) is 53.7. The molecule has 0 unspecified atom stereocenters. The fourth-order valence-electron chi connectivity index (χ4n) is 6.20. The van der Waals surface area contributed by atoms with Crippen LogP contribution in [-0.4, -0.2) is 78.4 Å². The molecule has 1 heterocycles. The van der Waals surface area contributed by atoms with Crippen LogP contribution in [0.2, 0.25) is 0 Å². The number of carbonyl (C=O) groups excluding carboxylic acids is 4. The Hall–Kier alpha value is -4.44. The number of aliphatic hydroxyl groups excluding tert-OH is 1. The molecular weight excluding hydrogens is 586 g/mol. The zero-order chi connectivity index (χ0) is 33.1. The summed E-state index contributed by atoms with van der Waals surface area (Å²) in [6.07, 6.45) is 4.96. The molecule has 0 radical (unpaired) electrons. The van der Waals surface area contributed by atoms with Crippen LogP contribution in [0, 0.1) is 5.92 Å². The predicted molar refractivity (Wildman–Crippen MR) is 175 cm³/mol. The van der Waals surface area contributed by atoms with E-state index >= 15 is 0 Å². The Morgan fingerprint density at radius 2 is 1.65 bits per heavy atom. The number of rotatable bonds is 16. The number of hydrogen-bond acceptors (Lipinski definition) is 7. The van der Waals surface area contributed by atoms with Gasteiger partial charge in [0.2, 0.25) is 11.8 Å². The molecule has 1 aliphatic heterocycles. The van der Waals surface area contributed by atoms with Gasteiger partial charge in [0.05, 0.1) is 18.6 Å². The molecule has 1 fully saturated rings. The lowest BCUT2D eigenvalue weighted by Crippen LogP contribution is -2.46. The number of allylic oxidation sites excluding steroid dienone is 2. The maximum absolute atomic E-state index is 13.5. The van der Waals surface area contributed by atoms with Gasteiger partial charge in [0.1, 0.15) is 19.3 Å². The van der Waals surface area contributed by atoms with Crippen molar-refractivity contribution in [2.45, 2.75) is 69.5 Å². The molecule has 3 amide bonds. The summed E-state index contributed by atoms with van der Waals surface area (Å²) in [5, 5.41) is 14.6. The molecule has 2 aromatic carbocycles. The number of nitrogens with zero attached hydrogens (tertiary/aromatic N) is 1. The van der Waals surface area contributed by atoms with E-state index in [4.69, 9.17) is 9.47 Å². The molecule has 4 rings (SSSR count). The Morgan fingerprint density at radius 3 is 2.28 bits per heavy atom. The molecule has 46 heavy (non-hydrogen) atoms. The van der Waals surface area contributed by atoms with Gasteiger partial charge in [0.15, 0.2) is 0 Å². The van der Waals surface area contributed by atoms with Gasteiger partial charge >= 0.3 is 12.1 Å². The number of ether oxygens (including phenoxy) is 2. The van der Waals surface area contributed by atoms with Gasteiger partial charge in [-0.15, -0.1) is 13.2 Å². The van der Waals surface area contributed by atoms with Crippen LogP contribution in [0.25, 0.3) is 11.1 Å². The molecule has 2 aliphatic rings. The van der Waals surface area contributed by atoms with E-state index in [1.54, 1.807) is 24.0 Å². The van der Waals surface area contributed by atoms with Crippen molar-refractivity contribution >= 4 is 23.9 Å². The van der Waals surface area contributed by atoms with Gasteiger partial charge < -0.3 is 30.1 Å². The second kappa shape index (κ2) is 16.7. The Labute approximate surface area is 270 Å². The molecule has 0 spiro atoms. The second-order valence-electron chi connectivity index (χ2n) is 11.9. The van der Waals surface area contributed by atoms with E-state index < -0.39 is 30.1 Å². The fourth-order valence-corrected chi connectivity index (χ4v) is 6.20. The van der Waals surface area contributed by atoms with Gasteiger partial charge in [0, 0.05) is 24.9 Å². The smallest absolute Gasteiger partial charge is 0.407 e. The van der Waals surface area contributed by atoms with Gasteiger partial charge in [-0.05, 0) is 61.3 Å². The van der Waals surface area contributed by atoms with Gasteiger partial charge in [-0.2, -0.15) is 0 Å². The van der Waals surface area contributed by atoms with Crippen LogP contribution >= 0.6 is 0 Å². The van der Waals surface area contributed by atoms with E-state index in [1.807, 2.05) is 36.4 Å². The highest BCUT2D eigenvalue weighted by atomic mass is 16.6.